The smallest absolute Gasteiger partial charge is 0.187 e. The molecule has 11 heteroatoms. The van der Waals surface area contributed by atoms with Crippen LogP contribution in [0.1, 0.15) is 34.1 Å². The summed E-state index contributed by atoms with van der Waals surface area (Å²) in [6, 6.07) is 0. The zero-order valence-electron chi connectivity index (χ0n) is 20.6. The van der Waals surface area contributed by atoms with Gasteiger partial charge in [0.1, 0.15) is 36.1 Å². The van der Waals surface area contributed by atoms with Crippen molar-refractivity contribution in [1.82, 2.24) is 0 Å². The minimum atomic E-state index is -1.86. The molecule has 0 radical (unpaired) electrons. The summed E-state index contributed by atoms with van der Waals surface area (Å²) in [5, 5.41) is 70.4. The van der Waals surface area contributed by atoms with Gasteiger partial charge in [-0.2, -0.15) is 0 Å². The molecular weight excluding hydrogens is 464 g/mol. The van der Waals surface area contributed by atoms with Crippen molar-refractivity contribution in [3.63, 3.8) is 0 Å². The maximum absolute atomic E-state index is 10.4. The van der Waals surface area contributed by atoms with Crippen LogP contribution in [0.15, 0.2) is 23.8 Å². The van der Waals surface area contributed by atoms with Crippen LogP contribution < -0.4 is 0 Å². The molecule has 7 N–H and O–H groups in total. The molecule has 2 fully saturated rings. The van der Waals surface area contributed by atoms with Gasteiger partial charge >= 0.3 is 0 Å². The third-order valence-corrected chi connectivity index (χ3v) is 7.12. The SMILES string of the molecule is CC1=C[C@@H](O)CC(C)(C)[C@H]1/C=C/[C@@H](C)O[C@H]1O[C@H](CO[C@@H]2OC[C@](O)(CO)[C@H]2O)[C@@H](O)[C@H](O)[C@H]1O. The Morgan fingerprint density at radius 3 is 2.40 bits per heavy atom. The molecule has 202 valence electrons. The van der Waals surface area contributed by atoms with Crippen molar-refractivity contribution < 1.29 is 54.7 Å². The Morgan fingerprint density at radius 2 is 1.80 bits per heavy atom. The van der Waals surface area contributed by atoms with Crippen LogP contribution in [0.25, 0.3) is 0 Å². The van der Waals surface area contributed by atoms with Crippen LogP contribution in [-0.2, 0) is 18.9 Å². The molecule has 0 aromatic carbocycles. The summed E-state index contributed by atoms with van der Waals surface area (Å²) in [7, 11) is 0. The highest BCUT2D eigenvalue weighted by molar-refractivity contribution is 5.21. The molecule has 2 aliphatic heterocycles. The fraction of sp³-hybridized carbons (Fsp3) is 0.833. The zero-order chi connectivity index (χ0) is 26.1. The molecule has 11 atom stereocenters. The topological polar surface area (TPSA) is 179 Å². The molecule has 0 amide bonds. The Bertz CT molecular complexity index is 771. The molecule has 0 unspecified atom stereocenters. The Hall–Kier alpha value is -0.960. The lowest BCUT2D eigenvalue weighted by atomic mass is 9.68. The molecular formula is C24H40O11. The molecule has 0 saturated carbocycles. The van der Waals surface area contributed by atoms with E-state index in [0.717, 1.165) is 5.57 Å². The highest BCUT2D eigenvalue weighted by Crippen LogP contribution is 2.42. The summed E-state index contributed by atoms with van der Waals surface area (Å²) < 4.78 is 22.0. The van der Waals surface area contributed by atoms with Gasteiger partial charge in [0.25, 0.3) is 0 Å². The van der Waals surface area contributed by atoms with E-state index in [1.54, 1.807) is 6.92 Å². The van der Waals surface area contributed by atoms with Gasteiger partial charge in [0.2, 0.25) is 0 Å². The quantitative estimate of drug-likeness (QED) is 0.193. The van der Waals surface area contributed by atoms with Gasteiger partial charge in [0, 0.05) is 5.92 Å². The summed E-state index contributed by atoms with van der Waals surface area (Å²) in [4.78, 5) is 0. The first-order chi connectivity index (χ1) is 16.3. The first kappa shape index (κ1) is 28.6. The molecule has 2 heterocycles. The van der Waals surface area contributed by atoms with E-state index < -0.39 is 67.5 Å². The van der Waals surface area contributed by atoms with Crippen LogP contribution >= 0.6 is 0 Å². The van der Waals surface area contributed by atoms with Crippen molar-refractivity contribution in [2.24, 2.45) is 11.3 Å². The lowest BCUT2D eigenvalue weighted by molar-refractivity contribution is -0.314. The highest BCUT2D eigenvalue weighted by atomic mass is 16.7. The van der Waals surface area contributed by atoms with Gasteiger partial charge < -0.3 is 54.7 Å². The summed E-state index contributed by atoms with van der Waals surface area (Å²) in [6.07, 6.45) is -4.53. The monoisotopic (exact) mass is 504 g/mol. The maximum atomic E-state index is 10.4. The van der Waals surface area contributed by atoms with Crippen molar-refractivity contribution in [1.29, 1.82) is 0 Å². The Labute approximate surface area is 205 Å². The number of aliphatic hydroxyl groups is 7. The second-order valence-corrected chi connectivity index (χ2v) is 10.6. The van der Waals surface area contributed by atoms with Gasteiger partial charge in [0.15, 0.2) is 12.6 Å². The van der Waals surface area contributed by atoms with Gasteiger partial charge in [-0.3, -0.25) is 0 Å². The highest BCUT2D eigenvalue weighted by Gasteiger charge is 2.50. The first-order valence-electron chi connectivity index (χ1n) is 11.9. The second-order valence-electron chi connectivity index (χ2n) is 10.6. The molecule has 0 aromatic heterocycles. The molecule has 3 aliphatic rings. The van der Waals surface area contributed by atoms with Crippen LogP contribution in [0.2, 0.25) is 0 Å². The van der Waals surface area contributed by atoms with Crippen molar-refractivity contribution >= 4 is 0 Å². The van der Waals surface area contributed by atoms with Crippen molar-refractivity contribution in [2.75, 3.05) is 19.8 Å². The molecule has 0 bridgehead atoms. The van der Waals surface area contributed by atoms with Gasteiger partial charge in [-0.1, -0.05) is 37.6 Å². The summed E-state index contributed by atoms with van der Waals surface area (Å²) >= 11 is 0. The van der Waals surface area contributed by atoms with E-state index in [1.807, 2.05) is 25.2 Å². The molecule has 1 aliphatic carbocycles. The van der Waals surface area contributed by atoms with Crippen molar-refractivity contribution in [3.8, 4) is 0 Å². The zero-order valence-corrected chi connectivity index (χ0v) is 20.6. The maximum Gasteiger partial charge on any atom is 0.187 e. The summed E-state index contributed by atoms with van der Waals surface area (Å²) in [5.74, 6) is 0.0816. The number of hydrogen-bond acceptors (Lipinski definition) is 11. The molecule has 35 heavy (non-hydrogen) atoms. The van der Waals surface area contributed by atoms with Crippen LogP contribution in [0, 0.1) is 11.3 Å². The molecule has 0 spiro atoms. The number of rotatable bonds is 8. The Kier molecular flexibility index (Phi) is 9.15. The fourth-order valence-electron chi connectivity index (χ4n) is 4.98. The predicted molar refractivity (Wildman–Crippen MR) is 122 cm³/mol. The summed E-state index contributed by atoms with van der Waals surface area (Å²) in [5.41, 5.74) is -0.975. The lowest BCUT2D eigenvalue weighted by Crippen LogP contribution is -2.60. The van der Waals surface area contributed by atoms with E-state index in [0.29, 0.717) is 6.42 Å². The number of ether oxygens (including phenoxy) is 4. The average Bonchev–Trinajstić information content (AvgIpc) is 3.06. The van der Waals surface area contributed by atoms with E-state index in [-0.39, 0.29) is 24.5 Å². The second kappa shape index (κ2) is 11.2. The molecule has 11 nitrogen and oxygen atoms in total. The largest absolute Gasteiger partial charge is 0.393 e. The normalized spacial score (nSPS) is 45.0. The fourth-order valence-corrected chi connectivity index (χ4v) is 4.98. The van der Waals surface area contributed by atoms with Crippen LogP contribution in [0.4, 0.5) is 0 Å². The third-order valence-electron chi connectivity index (χ3n) is 7.12. The van der Waals surface area contributed by atoms with E-state index in [9.17, 15) is 35.7 Å². The van der Waals surface area contributed by atoms with Crippen molar-refractivity contribution in [2.45, 2.75) is 95.0 Å². The van der Waals surface area contributed by atoms with Crippen LogP contribution in [0.5, 0.6) is 0 Å². The molecule has 0 aromatic rings. The Morgan fingerprint density at radius 1 is 1.11 bits per heavy atom. The number of hydrogen-bond donors (Lipinski definition) is 7. The Balaban J connectivity index is 1.60. The molecule has 2 saturated heterocycles. The van der Waals surface area contributed by atoms with E-state index >= 15 is 0 Å². The number of allylic oxidation sites excluding steroid dienone is 2. The van der Waals surface area contributed by atoms with E-state index in [1.165, 1.54) is 0 Å². The molecule has 3 rings (SSSR count). The lowest BCUT2D eigenvalue weighted by Gasteiger charge is -2.41. The van der Waals surface area contributed by atoms with Gasteiger partial charge in [0.05, 0.1) is 32.0 Å². The van der Waals surface area contributed by atoms with Gasteiger partial charge in [-0.05, 0) is 25.7 Å². The predicted octanol–water partition coefficient (Wildman–Crippen LogP) is -1.43. The summed E-state index contributed by atoms with van der Waals surface area (Å²) in [6.45, 7) is 6.46. The number of aliphatic hydroxyl groups excluding tert-OH is 6. The van der Waals surface area contributed by atoms with E-state index in [4.69, 9.17) is 18.9 Å². The third kappa shape index (κ3) is 6.31. The van der Waals surface area contributed by atoms with E-state index in [2.05, 4.69) is 13.8 Å². The van der Waals surface area contributed by atoms with Crippen LogP contribution in [0.3, 0.4) is 0 Å². The standard InChI is InChI=1S/C24H40O11/c1-12-7-14(26)8-23(3,4)15(12)6-5-13(2)34-21-19(29)18(28)17(27)16(35-21)9-32-22-20(30)24(31,10-25)11-33-22/h5-7,13-22,25-31H,8-11H2,1-4H3/b6-5+/t13-,14-,15+,16-,17-,18+,19-,20+,21+,22-,24-/m1/s1. The van der Waals surface area contributed by atoms with Gasteiger partial charge in [-0.15, -0.1) is 0 Å². The van der Waals surface area contributed by atoms with Gasteiger partial charge in [-0.25, -0.2) is 0 Å². The van der Waals surface area contributed by atoms with Crippen molar-refractivity contribution in [3.05, 3.63) is 23.8 Å². The van der Waals surface area contributed by atoms with Crippen LogP contribution in [-0.4, -0.2) is 116 Å². The average molecular weight is 505 g/mol. The minimum Gasteiger partial charge on any atom is -0.393 e. The minimum absolute atomic E-state index is 0.0816. The first-order valence-corrected chi connectivity index (χ1v) is 11.9.